The van der Waals surface area contributed by atoms with Gasteiger partial charge in [-0.15, -0.1) is 0 Å². The van der Waals surface area contributed by atoms with E-state index in [2.05, 4.69) is 25.3 Å². The number of methoxy groups -OCH3 is 1. The van der Waals surface area contributed by atoms with Gasteiger partial charge in [-0.1, -0.05) is 29.8 Å². The molecule has 4 rings (SSSR count). The van der Waals surface area contributed by atoms with Crippen molar-refractivity contribution in [3.63, 3.8) is 0 Å². The fourth-order valence-corrected chi connectivity index (χ4v) is 4.22. The van der Waals surface area contributed by atoms with Crippen LogP contribution < -0.4 is 20.1 Å². The molecule has 35 heavy (non-hydrogen) atoms. The van der Waals surface area contributed by atoms with E-state index < -0.39 is 11.0 Å². The zero-order valence-corrected chi connectivity index (χ0v) is 20.2. The number of halogens is 1. The van der Waals surface area contributed by atoms with E-state index >= 15 is 0 Å². The molecule has 0 aliphatic rings. The molecule has 11 heteroatoms. The van der Waals surface area contributed by atoms with Crippen molar-refractivity contribution < 1.29 is 18.8 Å². The first-order valence-corrected chi connectivity index (χ1v) is 12.1. The molecule has 0 bridgehead atoms. The zero-order valence-electron chi connectivity index (χ0n) is 18.6. The standard InChI is InChI=1S/C24H22ClN5O4S/c1-34-16-9-10-18(25)21(14-16)29-22-23(28-20-8-3-2-7-19(20)27-22)30-35(33)17-6-4-5-15(13-17)24(32)26-11-12-31/h2-10,13-14,31H,11-12H2,1H3,(H,26,32)(H,27,29)(H,28,30). The van der Waals surface area contributed by atoms with Crippen molar-refractivity contribution in [2.24, 2.45) is 0 Å². The average Bonchev–Trinajstić information content (AvgIpc) is 2.88. The molecule has 1 amide bonds. The van der Waals surface area contributed by atoms with Crippen LogP contribution in [0.5, 0.6) is 5.75 Å². The first kappa shape index (κ1) is 24.4. The van der Waals surface area contributed by atoms with Crippen LogP contribution in [0.3, 0.4) is 0 Å². The maximum absolute atomic E-state index is 13.2. The lowest BCUT2D eigenvalue weighted by Gasteiger charge is -2.15. The van der Waals surface area contributed by atoms with Gasteiger partial charge in [-0.05, 0) is 42.5 Å². The molecule has 1 aromatic heterocycles. The Morgan fingerprint density at radius 1 is 1.03 bits per heavy atom. The molecular formula is C24H22ClN5O4S. The molecule has 1 heterocycles. The number of nitrogens with one attached hydrogen (secondary N) is 3. The molecule has 1 unspecified atom stereocenters. The van der Waals surface area contributed by atoms with Crippen LogP contribution in [0.2, 0.25) is 5.02 Å². The van der Waals surface area contributed by atoms with E-state index in [0.717, 1.165) is 0 Å². The lowest BCUT2D eigenvalue weighted by atomic mass is 10.2. The number of aromatic nitrogens is 2. The topological polar surface area (TPSA) is 125 Å². The smallest absolute Gasteiger partial charge is 0.251 e. The Hall–Kier alpha value is -3.73. The molecule has 4 aromatic rings. The van der Waals surface area contributed by atoms with Crippen molar-refractivity contribution in [2.75, 3.05) is 30.3 Å². The van der Waals surface area contributed by atoms with Gasteiger partial charge in [0.05, 0.1) is 40.4 Å². The lowest BCUT2D eigenvalue weighted by molar-refractivity contribution is 0.0944. The summed E-state index contributed by atoms with van der Waals surface area (Å²) in [6.45, 7) is -0.0500. The van der Waals surface area contributed by atoms with Gasteiger partial charge in [0.1, 0.15) is 5.75 Å². The van der Waals surface area contributed by atoms with Crippen molar-refractivity contribution in [1.82, 2.24) is 15.3 Å². The van der Waals surface area contributed by atoms with Gasteiger partial charge in [-0.25, -0.2) is 14.2 Å². The molecule has 0 spiro atoms. The number of rotatable bonds is 9. The van der Waals surface area contributed by atoms with Gasteiger partial charge in [0.25, 0.3) is 5.91 Å². The molecular weight excluding hydrogens is 490 g/mol. The molecule has 3 aromatic carbocycles. The van der Waals surface area contributed by atoms with Crippen molar-refractivity contribution in [1.29, 1.82) is 0 Å². The van der Waals surface area contributed by atoms with E-state index in [4.69, 9.17) is 21.4 Å². The van der Waals surface area contributed by atoms with Crippen LogP contribution in [0, 0.1) is 0 Å². The van der Waals surface area contributed by atoms with Gasteiger partial charge in [-0.3, -0.25) is 9.52 Å². The number of fused-ring (bicyclic) bond motifs is 1. The number of anilines is 3. The van der Waals surface area contributed by atoms with Crippen molar-refractivity contribution in [3.8, 4) is 5.75 Å². The van der Waals surface area contributed by atoms with Crippen LogP contribution in [0.15, 0.2) is 71.6 Å². The largest absolute Gasteiger partial charge is 0.497 e. The number of benzene rings is 3. The number of carbonyl (C=O) groups is 1. The molecule has 0 saturated carbocycles. The number of aliphatic hydroxyl groups excluding tert-OH is 1. The van der Waals surface area contributed by atoms with Crippen molar-refractivity contribution in [3.05, 3.63) is 77.3 Å². The molecule has 4 N–H and O–H groups in total. The number of hydrogen-bond donors (Lipinski definition) is 4. The number of nitrogens with zero attached hydrogens (tertiary/aromatic N) is 2. The van der Waals surface area contributed by atoms with Gasteiger partial charge < -0.3 is 20.5 Å². The number of para-hydroxylation sites is 2. The van der Waals surface area contributed by atoms with Crippen LogP contribution in [0.25, 0.3) is 11.0 Å². The second kappa shape index (κ2) is 11.1. The Morgan fingerprint density at radius 2 is 1.77 bits per heavy atom. The minimum Gasteiger partial charge on any atom is -0.497 e. The third kappa shape index (κ3) is 5.86. The predicted octanol–water partition coefficient (Wildman–Crippen LogP) is 3.89. The monoisotopic (exact) mass is 511 g/mol. The number of ether oxygens (including phenoxy) is 1. The molecule has 180 valence electrons. The van der Waals surface area contributed by atoms with Crippen LogP contribution in [-0.4, -0.2) is 45.5 Å². The van der Waals surface area contributed by atoms with Crippen molar-refractivity contribution >= 4 is 56.9 Å². The molecule has 0 radical (unpaired) electrons. The number of hydrogen-bond acceptors (Lipinski definition) is 7. The normalized spacial score (nSPS) is 11.6. The second-order valence-electron chi connectivity index (χ2n) is 7.26. The molecule has 0 aliphatic heterocycles. The number of carbonyl (C=O) groups excluding carboxylic acids is 1. The highest BCUT2D eigenvalue weighted by atomic mass is 35.5. The third-order valence-electron chi connectivity index (χ3n) is 4.89. The van der Waals surface area contributed by atoms with E-state index in [1.165, 1.54) is 6.07 Å². The minimum atomic E-state index is -1.77. The summed E-state index contributed by atoms with van der Waals surface area (Å²) in [7, 11) is -0.216. The van der Waals surface area contributed by atoms with E-state index in [-0.39, 0.29) is 24.9 Å². The molecule has 0 aliphatic carbocycles. The van der Waals surface area contributed by atoms with Gasteiger partial charge in [0, 0.05) is 18.2 Å². The molecule has 0 saturated heterocycles. The quantitative estimate of drug-likeness (QED) is 0.268. The lowest BCUT2D eigenvalue weighted by Crippen LogP contribution is -2.26. The van der Waals surface area contributed by atoms with Gasteiger partial charge >= 0.3 is 0 Å². The average molecular weight is 512 g/mol. The fourth-order valence-electron chi connectivity index (χ4n) is 3.18. The number of aliphatic hydroxyl groups is 1. The summed E-state index contributed by atoms with van der Waals surface area (Å²) in [5.41, 5.74) is 2.09. The van der Waals surface area contributed by atoms with E-state index in [1.807, 2.05) is 18.2 Å². The zero-order chi connectivity index (χ0) is 24.8. The van der Waals surface area contributed by atoms with Gasteiger partial charge in [0.15, 0.2) is 22.6 Å². The molecule has 0 fully saturated rings. The maximum atomic E-state index is 13.2. The third-order valence-corrected chi connectivity index (χ3v) is 6.28. The second-order valence-corrected chi connectivity index (χ2v) is 8.88. The summed E-state index contributed by atoms with van der Waals surface area (Å²) in [4.78, 5) is 21.8. The van der Waals surface area contributed by atoms with E-state index in [0.29, 0.717) is 43.8 Å². The number of amides is 1. The predicted molar refractivity (Wildman–Crippen MR) is 137 cm³/mol. The summed E-state index contributed by atoms with van der Waals surface area (Å²) < 4.78 is 21.4. The van der Waals surface area contributed by atoms with E-state index in [9.17, 15) is 9.00 Å². The Morgan fingerprint density at radius 3 is 2.49 bits per heavy atom. The van der Waals surface area contributed by atoms with Crippen LogP contribution in [0.4, 0.5) is 17.3 Å². The summed E-state index contributed by atoms with van der Waals surface area (Å²) in [5, 5.41) is 15.1. The molecule has 9 nitrogen and oxygen atoms in total. The van der Waals surface area contributed by atoms with E-state index in [1.54, 1.807) is 49.6 Å². The van der Waals surface area contributed by atoms with Crippen LogP contribution in [0.1, 0.15) is 10.4 Å². The minimum absolute atomic E-state index is 0.124. The van der Waals surface area contributed by atoms with Gasteiger partial charge in [0.2, 0.25) is 0 Å². The first-order valence-electron chi connectivity index (χ1n) is 10.5. The maximum Gasteiger partial charge on any atom is 0.251 e. The highest BCUT2D eigenvalue weighted by molar-refractivity contribution is 7.86. The van der Waals surface area contributed by atoms with Crippen LogP contribution in [-0.2, 0) is 11.0 Å². The summed E-state index contributed by atoms with van der Waals surface area (Å²) in [5.74, 6) is 0.763. The SMILES string of the molecule is COc1ccc(Cl)c(Nc2nc3ccccc3nc2NS(=O)c2cccc(C(=O)NCCO)c2)c1. The fraction of sp³-hybridized carbons (Fsp3) is 0.125. The first-order chi connectivity index (χ1) is 17.0. The summed E-state index contributed by atoms with van der Waals surface area (Å²) >= 11 is 6.36. The Labute approximate surface area is 209 Å². The highest BCUT2D eigenvalue weighted by Crippen LogP contribution is 2.32. The van der Waals surface area contributed by atoms with Gasteiger partial charge in [-0.2, -0.15) is 0 Å². The van der Waals surface area contributed by atoms with Crippen molar-refractivity contribution in [2.45, 2.75) is 4.90 Å². The Bertz CT molecular complexity index is 1400. The summed E-state index contributed by atoms with van der Waals surface area (Å²) in [6, 6.07) is 18.8. The Kier molecular flexibility index (Phi) is 7.76. The highest BCUT2D eigenvalue weighted by Gasteiger charge is 2.16. The summed E-state index contributed by atoms with van der Waals surface area (Å²) in [6.07, 6.45) is 0. The Balaban J connectivity index is 1.67. The molecule has 1 atom stereocenters. The van der Waals surface area contributed by atoms with Crippen LogP contribution >= 0.6 is 11.6 Å².